The van der Waals surface area contributed by atoms with Crippen LogP contribution in [-0.2, 0) is 16.6 Å². The molecule has 1 aromatic carbocycles. The second-order valence-corrected chi connectivity index (χ2v) is 8.35. The maximum absolute atomic E-state index is 14.3. The Labute approximate surface area is 137 Å². The van der Waals surface area contributed by atoms with Gasteiger partial charge in [-0.1, -0.05) is 19.9 Å². The number of hydrogen-bond acceptors (Lipinski definition) is 4. The highest BCUT2D eigenvalue weighted by Gasteiger charge is 2.20. The van der Waals surface area contributed by atoms with E-state index >= 15 is 0 Å². The van der Waals surface area contributed by atoms with Crippen LogP contribution in [0.15, 0.2) is 18.2 Å². The number of piperidine rings is 1. The van der Waals surface area contributed by atoms with Gasteiger partial charge >= 0.3 is 0 Å². The van der Waals surface area contributed by atoms with Gasteiger partial charge < -0.3 is 10.0 Å². The van der Waals surface area contributed by atoms with Crippen LogP contribution in [0.3, 0.4) is 0 Å². The Morgan fingerprint density at radius 2 is 2.00 bits per heavy atom. The van der Waals surface area contributed by atoms with Crippen molar-refractivity contribution in [2.45, 2.75) is 39.3 Å². The predicted molar refractivity (Wildman–Crippen MR) is 89.3 cm³/mol. The summed E-state index contributed by atoms with van der Waals surface area (Å²) in [5, 5.41) is 9.51. The van der Waals surface area contributed by atoms with Crippen molar-refractivity contribution in [1.29, 1.82) is 0 Å². The summed E-state index contributed by atoms with van der Waals surface area (Å²) in [6.45, 7) is 5.01. The Morgan fingerprint density at radius 1 is 1.35 bits per heavy atom. The number of hydrogen-bond donors (Lipinski definition) is 2. The van der Waals surface area contributed by atoms with E-state index < -0.39 is 10.0 Å². The number of sulfonamides is 1. The average Bonchev–Trinajstić information content (AvgIpc) is 2.45. The van der Waals surface area contributed by atoms with E-state index in [1.807, 2.05) is 18.7 Å². The Balaban J connectivity index is 1.99. The van der Waals surface area contributed by atoms with Crippen LogP contribution >= 0.6 is 0 Å². The number of benzene rings is 1. The summed E-state index contributed by atoms with van der Waals surface area (Å²) in [5.41, 5.74) is 1.10. The molecule has 0 aliphatic carbocycles. The lowest BCUT2D eigenvalue weighted by molar-refractivity contribution is 0.145. The fourth-order valence-corrected chi connectivity index (χ4v) is 4.10. The number of nitrogens with zero attached hydrogens (tertiary/aromatic N) is 1. The van der Waals surface area contributed by atoms with E-state index in [0.717, 1.165) is 0 Å². The second kappa shape index (κ2) is 7.59. The average molecular weight is 344 g/mol. The summed E-state index contributed by atoms with van der Waals surface area (Å²) in [6, 6.07) is 4.79. The number of nitrogens with one attached hydrogen (secondary N) is 1. The van der Waals surface area contributed by atoms with Crippen molar-refractivity contribution in [3.05, 3.63) is 29.6 Å². The number of rotatable bonds is 6. The van der Waals surface area contributed by atoms with E-state index in [2.05, 4.69) is 4.72 Å². The largest absolute Gasteiger partial charge is 0.393 e. The normalized spacial score (nSPS) is 17.0. The minimum atomic E-state index is -3.34. The monoisotopic (exact) mass is 344 g/mol. The van der Waals surface area contributed by atoms with Gasteiger partial charge in [0, 0.05) is 19.6 Å². The summed E-state index contributed by atoms with van der Waals surface area (Å²) >= 11 is 0. The first-order valence-corrected chi connectivity index (χ1v) is 9.61. The molecule has 130 valence electrons. The van der Waals surface area contributed by atoms with Gasteiger partial charge in [-0.05, 0) is 36.5 Å². The number of aliphatic hydroxyl groups excluding tert-OH is 1. The Hall–Kier alpha value is -1.18. The van der Waals surface area contributed by atoms with Gasteiger partial charge in [0.15, 0.2) is 0 Å². The van der Waals surface area contributed by atoms with Gasteiger partial charge in [-0.2, -0.15) is 0 Å². The zero-order valence-corrected chi connectivity index (χ0v) is 14.4. The van der Waals surface area contributed by atoms with Crippen molar-refractivity contribution < 1.29 is 17.9 Å². The number of halogens is 1. The first-order chi connectivity index (χ1) is 10.8. The Morgan fingerprint density at radius 3 is 2.57 bits per heavy atom. The molecule has 0 bridgehead atoms. The molecule has 1 heterocycles. The fraction of sp³-hybridized carbons (Fsp3) is 0.625. The predicted octanol–water partition coefficient (Wildman–Crippen LogP) is 1.86. The van der Waals surface area contributed by atoms with Gasteiger partial charge in [-0.3, -0.25) is 0 Å². The van der Waals surface area contributed by atoms with Crippen LogP contribution in [-0.4, -0.2) is 38.5 Å². The van der Waals surface area contributed by atoms with E-state index in [9.17, 15) is 17.9 Å². The van der Waals surface area contributed by atoms with Crippen molar-refractivity contribution in [2.75, 3.05) is 23.7 Å². The molecule has 5 nitrogen and oxygen atoms in total. The molecule has 0 unspecified atom stereocenters. The number of aliphatic hydroxyl groups is 1. The highest BCUT2D eigenvalue weighted by molar-refractivity contribution is 7.89. The molecular formula is C16H25FN2O3S. The van der Waals surface area contributed by atoms with Crippen LogP contribution in [0.4, 0.5) is 10.1 Å². The maximum Gasteiger partial charge on any atom is 0.212 e. The first-order valence-electron chi connectivity index (χ1n) is 7.95. The maximum atomic E-state index is 14.3. The van der Waals surface area contributed by atoms with E-state index in [1.54, 1.807) is 12.1 Å². The van der Waals surface area contributed by atoms with Gasteiger partial charge in [-0.25, -0.2) is 17.5 Å². The van der Waals surface area contributed by atoms with Crippen LogP contribution in [0.2, 0.25) is 0 Å². The third kappa shape index (κ3) is 5.44. The highest BCUT2D eigenvalue weighted by atomic mass is 32.2. The van der Waals surface area contributed by atoms with Crippen molar-refractivity contribution in [1.82, 2.24) is 4.72 Å². The quantitative estimate of drug-likeness (QED) is 0.826. The number of anilines is 1. The lowest BCUT2D eigenvalue weighted by Crippen LogP contribution is -2.36. The van der Waals surface area contributed by atoms with Crippen LogP contribution in [0.1, 0.15) is 32.3 Å². The molecule has 0 saturated carbocycles. The van der Waals surface area contributed by atoms with E-state index in [1.165, 1.54) is 6.07 Å². The van der Waals surface area contributed by atoms with Gasteiger partial charge in [0.25, 0.3) is 0 Å². The molecule has 1 saturated heterocycles. The molecule has 0 amide bonds. The van der Waals surface area contributed by atoms with Gasteiger partial charge in [0.2, 0.25) is 10.0 Å². The smallest absolute Gasteiger partial charge is 0.212 e. The van der Waals surface area contributed by atoms with Gasteiger partial charge in [-0.15, -0.1) is 0 Å². The third-order valence-corrected chi connectivity index (χ3v) is 5.56. The molecule has 1 fully saturated rings. The van der Waals surface area contributed by atoms with Crippen molar-refractivity contribution in [2.24, 2.45) is 5.92 Å². The van der Waals surface area contributed by atoms with E-state index in [4.69, 9.17) is 0 Å². The van der Waals surface area contributed by atoms with Crippen LogP contribution < -0.4 is 9.62 Å². The minimum absolute atomic E-state index is 0.0427. The summed E-state index contributed by atoms with van der Waals surface area (Å²) in [7, 11) is -3.34. The molecule has 7 heteroatoms. The SMILES string of the molecule is CC(C)CS(=O)(=O)NCc1ccc(N2CCC(O)CC2)c(F)c1. The van der Waals surface area contributed by atoms with E-state index in [-0.39, 0.29) is 30.1 Å². The minimum Gasteiger partial charge on any atom is -0.393 e. The summed E-state index contributed by atoms with van der Waals surface area (Å²) < 4.78 is 40.4. The Kier molecular flexibility index (Phi) is 6.00. The highest BCUT2D eigenvalue weighted by Crippen LogP contribution is 2.24. The standard InChI is InChI=1S/C16H25FN2O3S/c1-12(2)11-23(21,22)18-10-13-3-4-16(15(17)9-13)19-7-5-14(20)6-8-19/h3-4,9,12,14,18,20H,5-8,10-11H2,1-2H3. The molecule has 2 rings (SSSR count). The van der Waals surface area contributed by atoms with Crippen LogP contribution in [0, 0.1) is 11.7 Å². The zero-order chi connectivity index (χ0) is 17.0. The fourth-order valence-electron chi connectivity index (χ4n) is 2.71. The topological polar surface area (TPSA) is 69.6 Å². The van der Waals surface area contributed by atoms with Gasteiger partial charge in [0.05, 0.1) is 17.5 Å². The Bertz CT molecular complexity index is 626. The molecule has 2 N–H and O–H groups in total. The third-order valence-electron chi connectivity index (χ3n) is 3.87. The second-order valence-electron chi connectivity index (χ2n) is 6.50. The van der Waals surface area contributed by atoms with Crippen molar-refractivity contribution >= 4 is 15.7 Å². The molecule has 0 radical (unpaired) electrons. The lowest BCUT2D eigenvalue weighted by Gasteiger charge is -2.31. The zero-order valence-electron chi connectivity index (χ0n) is 13.6. The molecule has 1 aliphatic heterocycles. The van der Waals surface area contributed by atoms with Crippen molar-refractivity contribution in [3.63, 3.8) is 0 Å². The molecule has 1 aliphatic rings. The van der Waals surface area contributed by atoms with Crippen LogP contribution in [0.25, 0.3) is 0 Å². The summed E-state index contributed by atoms with van der Waals surface area (Å²) in [5.74, 6) is -0.257. The van der Waals surface area contributed by atoms with E-state index in [0.29, 0.717) is 37.2 Å². The lowest BCUT2D eigenvalue weighted by atomic mass is 10.1. The molecule has 0 aromatic heterocycles. The van der Waals surface area contributed by atoms with Crippen LogP contribution in [0.5, 0.6) is 0 Å². The summed E-state index contributed by atoms with van der Waals surface area (Å²) in [4.78, 5) is 1.91. The van der Waals surface area contributed by atoms with Gasteiger partial charge in [0.1, 0.15) is 5.82 Å². The summed E-state index contributed by atoms with van der Waals surface area (Å²) in [6.07, 6.45) is 0.968. The molecule has 0 spiro atoms. The molecule has 0 atom stereocenters. The van der Waals surface area contributed by atoms with Crippen molar-refractivity contribution in [3.8, 4) is 0 Å². The molecule has 1 aromatic rings. The molecular weight excluding hydrogens is 319 g/mol. The first kappa shape index (κ1) is 18.2. The molecule has 23 heavy (non-hydrogen) atoms.